The van der Waals surface area contributed by atoms with Gasteiger partial charge in [0.2, 0.25) is 0 Å². The topological polar surface area (TPSA) is 43.8 Å². The fourth-order valence-electron chi connectivity index (χ4n) is 2.96. The Morgan fingerprint density at radius 1 is 1.26 bits per heavy atom. The molecular formula is C16H21N3. The fraction of sp³-hybridized carbons (Fsp3) is 0.438. The number of rotatable bonds is 4. The highest BCUT2D eigenvalue weighted by Crippen LogP contribution is 2.27. The van der Waals surface area contributed by atoms with Crippen molar-refractivity contribution in [2.45, 2.75) is 45.2 Å². The minimum Gasteiger partial charge on any atom is -0.319 e. The highest BCUT2D eigenvalue weighted by Gasteiger charge is 2.17. The van der Waals surface area contributed by atoms with E-state index in [0.29, 0.717) is 0 Å². The van der Waals surface area contributed by atoms with Gasteiger partial charge < -0.3 is 5.73 Å². The maximum Gasteiger partial charge on any atom is 0.0723 e. The minimum atomic E-state index is -0.0695. The summed E-state index contributed by atoms with van der Waals surface area (Å²) in [6, 6.07) is 8.68. The van der Waals surface area contributed by atoms with E-state index in [4.69, 9.17) is 5.73 Å². The molecule has 0 radical (unpaired) electrons. The van der Waals surface area contributed by atoms with Gasteiger partial charge in [-0.1, -0.05) is 25.1 Å². The number of aryl methyl sites for hydroxylation is 3. The van der Waals surface area contributed by atoms with E-state index in [1.165, 1.54) is 36.0 Å². The minimum absolute atomic E-state index is 0.0695. The molecule has 0 spiro atoms. The predicted molar refractivity (Wildman–Crippen MR) is 77.0 cm³/mol. The lowest BCUT2D eigenvalue weighted by atomic mass is 9.99. The van der Waals surface area contributed by atoms with Crippen LogP contribution in [0.25, 0.3) is 0 Å². The van der Waals surface area contributed by atoms with E-state index in [-0.39, 0.29) is 6.04 Å². The summed E-state index contributed by atoms with van der Waals surface area (Å²) in [5, 5.41) is 4.36. The van der Waals surface area contributed by atoms with Gasteiger partial charge in [0, 0.05) is 12.7 Å². The summed E-state index contributed by atoms with van der Waals surface area (Å²) in [5.74, 6) is 0. The molecule has 0 fully saturated rings. The zero-order valence-corrected chi connectivity index (χ0v) is 11.5. The summed E-state index contributed by atoms with van der Waals surface area (Å²) in [5.41, 5.74) is 11.7. The van der Waals surface area contributed by atoms with E-state index in [9.17, 15) is 0 Å². The molecule has 0 saturated carbocycles. The van der Waals surface area contributed by atoms with Crippen LogP contribution in [0.2, 0.25) is 0 Å². The van der Waals surface area contributed by atoms with Crippen molar-refractivity contribution in [3.8, 4) is 0 Å². The standard InChI is InChI=1S/C16H21N3/c1-2-10-19-15(8-9-18-19)16(17)14-7-6-12-4-3-5-13(12)11-14/h6-9,11,16H,2-5,10,17H2,1H3. The summed E-state index contributed by atoms with van der Waals surface area (Å²) >= 11 is 0. The third kappa shape index (κ3) is 2.30. The van der Waals surface area contributed by atoms with Crippen LogP contribution in [0.3, 0.4) is 0 Å². The second kappa shape index (κ2) is 5.17. The van der Waals surface area contributed by atoms with Crippen LogP contribution < -0.4 is 5.73 Å². The first-order chi connectivity index (χ1) is 9.29. The molecule has 0 aliphatic heterocycles. The third-order valence-electron chi connectivity index (χ3n) is 3.99. The molecule has 3 heteroatoms. The normalized spacial score (nSPS) is 15.5. The first-order valence-electron chi connectivity index (χ1n) is 7.18. The maximum absolute atomic E-state index is 6.43. The molecule has 1 unspecified atom stereocenters. The van der Waals surface area contributed by atoms with E-state index < -0.39 is 0 Å². The van der Waals surface area contributed by atoms with Gasteiger partial charge >= 0.3 is 0 Å². The van der Waals surface area contributed by atoms with Crippen LogP contribution in [0, 0.1) is 0 Å². The third-order valence-corrected chi connectivity index (χ3v) is 3.99. The van der Waals surface area contributed by atoms with Gasteiger partial charge in [-0.2, -0.15) is 5.10 Å². The lowest BCUT2D eigenvalue weighted by Crippen LogP contribution is -2.17. The summed E-state index contributed by atoms with van der Waals surface area (Å²) in [7, 11) is 0. The Kier molecular flexibility index (Phi) is 3.38. The Labute approximate surface area is 114 Å². The molecule has 0 saturated heterocycles. The Morgan fingerprint density at radius 2 is 2.11 bits per heavy atom. The summed E-state index contributed by atoms with van der Waals surface area (Å²) < 4.78 is 2.03. The smallest absolute Gasteiger partial charge is 0.0723 e. The zero-order chi connectivity index (χ0) is 13.2. The van der Waals surface area contributed by atoms with Gasteiger partial charge in [-0.05, 0) is 48.4 Å². The molecule has 3 rings (SSSR count). The largest absolute Gasteiger partial charge is 0.319 e. The van der Waals surface area contributed by atoms with Crippen molar-refractivity contribution in [1.29, 1.82) is 0 Å². The number of benzene rings is 1. The molecule has 1 aliphatic carbocycles. The van der Waals surface area contributed by atoms with Crippen molar-refractivity contribution in [3.05, 3.63) is 52.8 Å². The van der Waals surface area contributed by atoms with E-state index in [2.05, 4.69) is 30.2 Å². The summed E-state index contributed by atoms with van der Waals surface area (Å²) in [6.45, 7) is 3.09. The number of nitrogens with two attached hydrogens (primary N) is 1. The molecule has 0 bridgehead atoms. The molecule has 2 aromatic rings. The monoisotopic (exact) mass is 255 g/mol. The van der Waals surface area contributed by atoms with Crippen LogP contribution in [0.5, 0.6) is 0 Å². The average molecular weight is 255 g/mol. The van der Waals surface area contributed by atoms with Crippen molar-refractivity contribution in [2.24, 2.45) is 5.73 Å². The summed E-state index contributed by atoms with van der Waals surface area (Å²) in [4.78, 5) is 0. The molecule has 1 atom stereocenters. The zero-order valence-electron chi connectivity index (χ0n) is 11.5. The fourth-order valence-corrected chi connectivity index (χ4v) is 2.96. The second-order valence-corrected chi connectivity index (χ2v) is 5.34. The van der Waals surface area contributed by atoms with Crippen LogP contribution in [-0.2, 0) is 19.4 Å². The molecule has 100 valence electrons. The van der Waals surface area contributed by atoms with E-state index in [0.717, 1.165) is 18.7 Å². The molecule has 1 aliphatic rings. The van der Waals surface area contributed by atoms with Crippen molar-refractivity contribution in [1.82, 2.24) is 9.78 Å². The lowest BCUT2D eigenvalue weighted by molar-refractivity contribution is 0.559. The van der Waals surface area contributed by atoms with Crippen molar-refractivity contribution >= 4 is 0 Å². The average Bonchev–Trinajstić information content (AvgIpc) is 3.05. The lowest BCUT2D eigenvalue weighted by Gasteiger charge is -2.15. The molecule has 0 amide bonds. The van der Waals surface area contributed by atoms with Gasteiger partial charge in [-0.3, -0.25) is 4.68 Å². The predicted octanol–water partition coefficient (Wildman–Crippen LogP) is 2.83. The quantitative estimate of drug-likeness (QED) is 0.913. The number of nitrogens with zero attached hydrogens (tertiary/aromatic N) is 2. The molecule has 1 heterocycles. The molecular weight excluding hydrogens is 234 g/mol. The number of aromatic nitrogens is 2. The van der Waals surface area contributed by atoms with E-state index >= 15 is 0 Å². The van der Waals surface area contributed by atoms with Gasteiger partial charge in [-0.15, -0.1) is 0 Å². The van der Waals surface area contributed by atoms with Gasteiger partial charge in [0.25, 0.3) is 0 Å². The van der Waals surface area contributed by atoms with Crippen molar-refractivity contribution < 1.29 is 0 Å². The van der Waals surface area contributed by atoms with Crippen LogP contribution >= 0.6 is 0 Å². The Balaban J connectivity index is 1.90. The van der Waals surface area contributed by atoms with Gasteiger partial charge in [0.15, 0.2) is 0 Å². The second-order valence-electron chi connectivity index (χ2n) is 5.34. The SMILES string of the molecule is CCCn1nccc1C(N)c1ccc2c(c1)CCC2. The Hall–Kier alpha value is -1.61. The van der Waals surface area contributed by atoms with Crippen LogP contribution in [0.4, 0.5) is 0 Å². The molecule has 2 N–H and O–H groups in total. The van der Waals surface area contributed by atoms with Gasteiger partial charge in [-0.25, -0.2) is 0 Å². The molecule has 1 aromatic carbocycles. The summed E-state index contributed by atoms with van der Waals surface area (Å²) in [6.07, 6.45) is 6.62. The van der Waals surface area contributed by atoms with Crippen LogP contribution in [0.15, 0.2) is 30.5 Å². The number of hydrogen-bond acceptors (Lipinski definition) is 2. The van der Waals surface area contributed by atoms with Crippen molar-refractivity contribution in [3.63, 3.8) is 0 Å². The Bertz CT molecular complexity index is 571. The first-order valence-corrected chi connectivity index (χ1v) is 7.18. The van der Waals surface area contributed by atoms with E-state index in [1.54, 1.807) is 0 Å². The first kappa shape index (κ1) is 12.4. The van der Waals surface area contributed by atoms with E-state index in [1.807, 2.05) is 16.9 Å². The van der Waals surface area contributed by atoms with Crippen LogP contribution in [-0.4, -0.2) is 9.78 Å². The van der Waals surface area contributed by atoms with Crippen molar-refractivity contribution in [2.75, 3.05) is 0 Å². The molecule has 3 nitrogen and oxygen atoms in total. The molecule has 19 heavy (non-hydrogen) atoms. The van der Waals surface area contributed by atoms with Crippen LogP contribution in [0.1, 0.15) is 48.2 Å². The highest BCUT2D eigenvalue weighted by atomic mass is 15.3. The number of hydrogen-bond donors (Lipinski definition) is 1. The van der Waals surface area contributed by atoms with Gasteiger partial charge in [0.1, 0.15) is 0 Å². The van der Waals surface area contributed by atoms with Gasteiger partial charge in [0.05, 0.1) is 11.7 Å². The maximum atomic E-state index is 6.43. The molecule has 1 aromatic heterocycles. The number of fused-ring (bicyclic) bond motifs is 1. The Morgan fingerprint density at radius 3 is 2.95 bits per heavy atom. The highest BCUT2D eigenvalue weighted by molar-refractivity contribution is 5.38.